The molecule has 1 aliphatic rings. The minimum Gasteiger partial charge on any atom is -0.361 e. The van der Waals surface area contributed by atoms with Gasteiger partial charge in [0.1, 0.15) is 0 Å². The second-order valence-corrected chi connectivity index (χ2v) is 5.72. The Morgan fingerprint density at radius 2 is 2.11 bits per heavy atom. The Hall–Kier alpha value is -1.98. The van der Waals surface area contributed by atoms with Crippen LogP contribution in [0.5, 0.6) is 0 Å². The zero-order chi connectivity index (χ0) is 13.3. The summed E-state index contributed by atoms with van der Waals surface area (Å²) in [5.74, 6) is 0. The van der Waals surface area contributed by atoms with Crippen LogP contribution >= 0.6 is 0 Å². The van der Waals surface area contributed by atoms with Gasteiger partial charge >= 0.3 is 5.71 Å². The largest absolute Gasteiger partial charge is 0.361 e. The summed E-state index contributed by atoms with van der Waals surface area (Å²) in [5, 5.41) is 0. The molecule has 0 N–H and O–H groups in total. The lowest BCUT2D eigenvalue weighted by molar-refractivity contribution is -0.00595. The molecular formula is C11H12N4O2S. The van der Waals surface area contributed by atoms with Gasteiger partial charge in [0.15, 0.2) is 6.04 Å². The van der Waals surface area contributed by atoms with Crippen LogP contribution < -0.4 is 4.90 Å². The quantitative estimate of drug-likeness (QED) is 0.444. The first-order valence-electron chi connectivity index (χ1n) is 5.23. The minimum atomic E-state index is -3.45. The van der Waals surface area contributed by atoms with Gasteiger partial charge < -0.3 is 10.4 Å². The van der Waals surface area contributed by atoms with Crippen LogP contribution in [0, 0.1) is 0 Å². The fraction of sp³-hybridized carbons (Fsp3) is 0.273. The van der Waals surface area contributed by atoms with Crippen LogP contribution in [0.1, 0.15) is 5.56 Å². The molecule has 1 heterocycles. The van der Waals surface area contributed by atoms with E-state index in [1.807, 2.05) is 24.3 Å². The number of para-hydroxylation sites is 1. The Morgan fingerprint density at radius 3 is 2.72 bits per heavy atom. The average molecular weight is 264 g/mol. The molecule has 0 amide bonds. The van der Waals surface area contributed by atoms with Crippen molar-refractivity contribution in [3.63, 3.8) is 0 Å². The standard InChI is InChI=1S/C11H12N4O2S/c1-15-9-6-4-3-5-8(9)11(14-12)10(15)7-13-18(2,16)17/h3-7,10H,1-2H3. The van der Waals surface area contributed by atoms with Crippen LogP contribution in [0.4, 0.5) is 5.69 Å². The number of anilines is 1. The monoisotopic (exact) mass is 264 g/mol. The van der Waals surface area contributed by atoms with Gasteiger partial charge in [-0.1, -0.05) is 12.1 Å². The van der Waals surface area contributed by atoms with Crippen molar-refractivity contribution >= 4 is 27.6 Å². The Kier molecular flexibility index (Phi) is 3.02. The van der Waals surface area contributed by atoms with Gasteiger partial charge in [-0.15, -0.1) is 0 Å². The van der Waals surface area contributed by atoms with Crippen molar-refractivity contribution in [2.75, 3.05) is 18.2 Å². The van der Waals surface area contributed by atoms with E-state index in [9.17, 15) is 8.42 Å². The second-order valence-electron chi connectivity index (χ2n) is 4.05. The zero-order valence-corrected chi connectivity index (χ0v) is 10.8. The molecule has 18 heavy (non-hydrogen) atoms. The Labute approximate surface area is 105 Å². The summed E-state index contributed by atoms with van der Waals surface area (Å²) >= 11 is 0. The SMILES string of the molecule is CN1c2ccccc2C(=[N+]=[N-])C1C=NS(C)(=O)=O. The molecule has 0 aliphatic carbocycles. The topological polar surface area (TPSA) is 86.1 Å². The summed E-state index contributed by atoms with van der Waals surface area (Å²) in [4.78, 5) is 5.05. The third kappa shape index (κ3) is 2.18. The molecular weight excluding hydrogens is 252 g/mol. The lowest BCUT2D eigenvalue weighted by Gasteiger charge is -2.15. The first-order valence-corrected chi connectivity index (χ1v) is 7.08. The maximum absolute atomic E-state index is 11.0. The first kappa shape index (κ1) is 12.5. The number of rotatable bonds is 2. The summed E-state index contributed by atoms with van der Waals surface area (Å²) in [6.45, 7) is 0. The van der Waals surface area contributed by atoms with E-state index in [2.05, 4.69) is 9.19 Å². The first-order chi connectivity index (χ1) is 8.44. The zero-order valence-electron chi connectivity index (χ0n) is 9.98. The number of fused-ring (bicyclic) bond motifs is 1. The number of sulfonamides is 1. The van der Waals surface area contributed by atoms with E-state index >= 15 is 0 Å². The normalized spacial score (nSPS) is 19.1. The van der Waals surface area contributed by atoms with Gasteiger partial charge in [-0.2, -0.15) is 9.19 Å². The van der Waals surface area contributed by atoms with Gasteiger partial charge in [-0.25, -0.2) is 8.42 Å². The lowest BCUT2D eigenvalue weighted by Crippen LogP contribution is -2.34. The van der Waals surface area contributed by atoms with Crippen LogP contribution in [0.25, 0.3) is 5.53 Å². The molecule has 0 spiro atoms. The van der Waals surface area contributed by atoms with E-state index in [1.165, 1.54) is 6.21 Å². The molecule has 0 saturated carbocycles. The van der Waals surface area contributed by atoms with Crippen molar-refractivity contribution < 1.29 is 13.2 Å². The lowest BCUT2D eigenvalue weighted by atomic mass is 10.1. The molecule has 2 rings (SSSR count). The van der Waals surface area contributed by atoms with Crippen molar-refractivity contribution in [1.29, 1.82) is 0 Å². The fourth-order valence-corrected chi connectivity index (χ4v) is 2.28. The fourth-order valence-electron chi connectivity index (χ4n) is 1.94. The average Bonchev–Trinajstić information content (AvgIpc) is 2.59. The Morgan fingerprint density at radius 1 is 1.44 bits per heavy atom. The number of benzene rings is 1. The summed E-state index contributed by atoms with van der Waals surface area (Å²) in [6, 6.07) is 6.89. The van der Waals surface area contributed by atoms with Crippen molar-refractivity contribution in [2.24, 2.45) is 4.40 Å². The van der Waals surface area contributed by atoms with Crippen molar-refractivity contribution in [3.05, 3.63) is 35.4 Å². The number of nitrogens with zero attached hydrogens (tertiary/aromatic N) is 4. The summed E-state index contributed by atoms with van der Waals surface area (Å²) in [6.07, 6.45) is 2.28. The third-order valence-electron chi connectivity index (χ3n) is 2.76. The molecule has 1 aromatic rings. The van der Waals surface area contributed by atoms with Crippen LogP contribution in [0.3, 0.4) is 0 Å². The molecule has 94 valence electrons. The third-order valence-corrected chi connectivity index (χ3v) is 3.26. The van der Waals surface area contributed by atoms with Crippen molar-refractivity contribution in [3.8, 4) is 0 Å². The highest BCUT2D eigenvalue weighted by atomic mass is 32.2. The molecule has 0 saturated heterocycles. The molecule has 0 bridgehead atoms. The van der Waals surface area contributed by atoms with Crippen molar-refractivity contribution in [2.45, 2.75) is 6.04 Å². The van der Waals surface area contributed by atoms with Gasteiger partial charge in [0.05, 0.1) is 23.7 Å². The van der Waals surface area contributed by atoms with Gasteiger partial charge in [0.2, 0.25) is 10.0 Å². The van der Waals surface area contributed by atoms with E-state index in [0.29, 0.717) is 5.71 Å². The van der Waals surface area contributed by atoms with Crippen LogP contribution in [0.15, 0.2) is 28.7 Å². The predicted molar refractivity (Wildman–Crippen MR) is 69.7 cm³/mol. The van der Waals surface area contributed by atoms with Gasteiger partial charge in [-0.05, 0) is 12.1 Å². The van der Waals surface area contributed by atoms with Crippen LogP contribution in [-0.2, 0) is 10.0 Å². The van der Waals surface area contributed by atoms with E-state index in [0.717, 1.165) is 17.5 Å². The van der Waals surface area contributed by atoms with Crippen molar-refractivity contribution in [1.82, 2.24) is 0 Å². The highest BCUT2D eigenvalue weighted by molar-refractivity contribution is 7.89. The highest BCUT2D eigenvalue weighted by Gasteiger charge is 2.38. The summed E-state index contributed by atoms with van der Waals surface area (Å²) < 4.78 is 25.6. The number of hydrogen-bond acceptors (Lipinski definition) is 3. The maximum atomic E-state index is 11.0. The Balaban J connectivity index is 2.48. The second kappa shape index (κ2) is 4.36. The number of hydrogen-bond donors (Lipinski definition) is 0. The van der Waals surface area contributed by atoms with Gasteiger partial charge in [0.25, 0.3) is 0 Å². The predicted octanol–water partition coefficient (Wildman–Crippen LogP) is 0.554. The Bertz CT molecular complexity index is 659. The number of likely N-dealkylation sites (N-methyl/N-ethyl adjacent to an activating group) is 1. The van der Waals surface area contributed by atoms with E-state index in [1.54, 1.807) is 11.9 Å². The molecule has 7 heteroatoms. The minimum absolute atomic E-state index is 0.389. The van der Waals surface area contributed by atoms with Crippen LogP contribution in [-0.4, -0.2) is 44.5 Å². The summed E-state index contributed by atoms with van der Waals surface area (Å²) in [5.41, 5.74) is 11.1. The van der Waals surface area contributed by atoms with E-state index in [4.69, 9.17) is 5.53 Å². The smallest absolute Gasteiger partial charge is 0.328 e. The molecule has 1 unspecified atom stereocenters. The molecule has 1 aromatic carbocycles. The van der Waals surface area contributed by atoms with E-state index < -0.39 is 16.1 Å². The van der Waals surface area contributed by atoms with Crippen LogP contribution in [0.2, 0.25) is 0 Å². The molecule has 1 atom stereocenters. The van der Waals surface area contributed by atoms with Gasteiger partial charge in [0, 0.05) is 7.05 Å². The van der Waals surface area contributed by atoms with Gasteiger partial charge in [-0.3, -0.25) is 0 Å². The molecule has 0 fully saturated rings. The van der Waals surface area contributed by atoms with E-state index in [-0.39, 0.29) is 0 Å². The molecule has 0 radical (unpaired) electrons. The molecule has 1 aliphatic heterocycles. The molecule has 0 aromatic heterocycles. The highest BCUT2D eigenvalue weighted by Crippen LogP contribution is 2.29. The summed E-state index contributed by atoms with van der Waals surface area (Å²) in [7, 11) is -1.66. The maximum Gasteiger partial charge on any atom is 0.328 e. The molecule has 6 nitrogen and oxygen atoms in total.